The molecule has 2 N–H and O–H groups in total. The van der Waals surface area contributed by atoms with Crippen LogP contribution in [0.4, 0.5) is 13.2 Å². The van der Waals surface area contributed by atoms with Gasteiger partial charge >= 0.3 is 0 Å². The molecular weight excluding hydrogens is 253 g/mol. The number of rotatable bonds is 3. The van der Waals surface area contributed by atoms with E-state index in [0.717, 1.165) is 5.56 Å². The maximum atomic E-state index is 13.5. The molecule has 0 saturated heterocycles. The van der Waals surface area contributed by atoms with Crippen molar-refractivity contribution in [2.75, 3.05) is 0 Å². The van der Waals surface area contributed by atoms with E-state index >= 15 is 0 Å². The molecule has 100 valence electrons. The van der Waals surface area contributed by atoms with E-state index in [1.807, 2.05) is 13.0 Å². The van der Waals surface area contributed by atoms with Crippen LogP contribution in [0, 0.1) is 24.4 Å². The van der Waals surface area contributed by atoms with Gasteiger partial charge < -0.3 is 5.73 Å². The fourth-order valence-corrected chi connectivity index (χ4v) is 1.85. The Hall–Kier alpha value is -1.88. The van der Waals surface area contributed by atoms with Crippen molar-refractivity contribution in [2.45, 2.75) is 19.4 Å². The van der Waals surface area contributed by atoms with Gasteiger partial charge in [-0.3, -0.25) is 4.98 Å². The van der Waals surface area contributed by atoms with Crippen molar-refractivity contribution in [1.29, 1.82) is 0 Å². The number of hydrogen-bond donors (Lipinski definition) is 1. The first-order chi connectivity index (χ1) is 8.97. The van der Waals surface area contributed by atoms with Gasteiger partial charge in [0.1, 0.15) is 17.5 Å². The number of nitrogens with two attached hydrogens (primary N) is 1. The van der Waals surface area contributed by atoms with E-state index in [1.54, 1.807) is 12.3 Å². The van der Waals surface area contributed by atoms with Gasteiger partial charge in [0.05, 0.1) is 0 Å². The molecule has 0 aliphatic rings. The lowest BCUT2D eigenvalue weighted by Gasteiger charge is -2.13. The van der Waals surface area contributed by atoms with Gasteiger partial charge in [0.15, 0.2) is 0 Å². The topological polar surface area (TPSA) is 38.9 Å². The zero-order valence-electron chi connectivity index (χ0n) is 10.3. The summed E-state index contributed by atoms with van der Waals surface area (Å²) in [5.41, 5.74) is 7.07. The van der Waals surface area contributed by atoms with Crippen LogP contribution in [0.25, 0.3) is 0 Å². The van der Waals surface area contributed by atoms with Crippen molar-refractivity contribution in [3.8, 4) is 0 Å². The lowest BCUT2D eigenvalue weighted by Crippen LogP contribution is -2.17. The fraction of sp³-hybridized carbons (Fsp3) is 0.214. The molecule has 1 atom stereocenters. The van der Waals surface area contributed by atoms with Crippen LogP contribution in [0.1, 0.15) is 22.9 Å². The Morgan fingerprint density at radius 2 is 1.79 bits per heavy atom. The number of pyridine rings is 1. The van der Waals surface area contributed by atoms with E-state index in [9.17, 15) is 13.2 Å². The largest absolute Gasteiger partial charge is 0.323 e. The average molecular weight is 266 g/mol. The van der Waals surface area contributed by atoms with E-state index in [4.69, 9.17) is 5.73 Å². The average Bonchev–Trinajstić information content (AvgIpc) is 2.30. The molecule has 5 heteroatoms. The van der Waals surface area contributed by atoms with Crippen LogP contribution in [-0.2, 0) is 6.42 Å². The highest BCUT2D eigenvalue weighted by atomic mass is 19.1. The van der Waals surface area contributed by atoms with Crippen LogP contribution in [0.15, 0.2) is 30.5 Å². The molecule has 2 aromatic rings. The molecule has 0 saturated carbocycles. The van der Waals surface area contributed by atoms with Gasteiger partial charge in [0, 0.05) is 42.0 Å². The number of aryl methyl sites for hydroxylation is 1. The van der Waals surface area contributed by atoms with E-state index < -0.39 is 23.5 Å². The Bertz CT molecular complexity index is 559. The monoisotopic (exact) mass is 266 g/mol. The minimum absolute atomic E-state index is 0.180. The molecule has 1 unspecified atom stereocenters. The highest BCUT2D eigenvalue weighted by molar-refractivity contribution is 5.25. The summed E-state index contributed by atoms with van der Waals surface area (Å²) in [6.07, 6.45) is 1.83. The third-order valence-corrected chi connectivity index (χ3v) is 2.82. The quantitative estimate of drug-likeness (QED) is 0.927. The Morgan fingerprint density at radius 3 is 2.32 bits per heavy atom. The Morgan fingerprint density at radius 1 is 1.16 bits per heavy atom. The van der Waals surface area contributed by atoms with Crippen molar-refractivity contribution < 1.29 is 13.2 Å². The summed E-state index contributed by atoms with van der Waals surface area (Å²) >= 11 is 0. The molecule has 19 heavy (non-hydrogen) atoms. The van der Waals surface area contributed by atoms with E-state index in [1.165, 1.54) is 0 Å². The lowest BCUT2D eigenvalue weighted by atomic mass is 10.0. The first-order valence-corrected chi connectivity index (χ1v) is 5.79. The van der Waals surface area contributed by atoms with Crippen molar-refractivity contribution in [3.63, 3.8) is 0 Å². The highest BCUT2D eigenvalue weighted by Crippen LogP contribution is 2.23. The molecule has 0 spiro atoms. The number of benzene rings is 1. The Balaban J connectivity index is 2.25. The van der Waals surface area contributed by atoms with Crippen molar-refractivity contribution >= 4 is 0 Å². The first-order valence-electron chi connectivity index (χ1n) is 5.79. The van der Waals surface area contributed by atoms with Gasteiger partial charge in [0.25, 0.3) is 0 Å². The molecule has 1 aromatic heterocycles. The Kier molecular flexibility index (Phi) is 3.85. The second kappa shape index (κ2) is 5.40. The van der Waals surface area contributed by atoms with Crippen LogP contribution < -0.4 is 5.73 Å². The van der Waals surface area contributed by atoms with Gasteiger partial charge in [-0.1, -0.05) is 6.07 Å². The van der Waals surface area contributed by atoms with Gasteiger partial charge in [-0.2, -0.15) is 0 Å². The highest BCUT2D eigenvalue weighted by Gasteiger charge is 2.19. The summed E-state index contributed by atoms with van der Waals surface area (Å²) in [4.78, 5) is 4.12. The van der Waals surface area contributed by atoms with Crippen LogP contribution in [0.3, 0.4) is 0 Å². The molecule has 0 bridgehead atoms. The maximum absolute atomic E-state index is 13.5. The van der Waals surface area contributed by atoms with Gasteiger partial charge in [-0.05, 0) is 18.6 Å². The summed E-state index contributed by atoms with van der Waals surface area (Å²) in [5.74, 6) is -2.91. The van der Waals surface area contributed by atoms with Gasteiger partial charge in [-0.15, -0.1) is 0 Å². The molecule has 0 aliphatic heterocycles. The molecule has 0 radical (unpaired) electrons. The zero-order chi connectivity index (χ0) is 14.0. The normalized spacial score (nSPS) is 12.5. The molecule has 0 amide bonds. The SMILES string of the molecule is Cc1ccc(CC(N)c2c(F)cc(F)cc2F)nc1. The zero-order valence-corrected chi connectivity index (χ0v) is 10.3. The van der Waals surface area contributed by atoms with Crippen LogP contribution in [-0.4, -0.2) is 4.98 Å². The number of aromatic nitrogens is 1. The minimum atomic E-state index is -0.975. The standard InChI is InChI=1S/C14H13F3N2/c1-8-2-3-10(19-7-8)6-13(18)14-11(16)4-9(15)5-12(14)17/h2-5,7,13H,6,18H2,1H3. The third-order valence-electron chi connectivity index (χ3n) is 2.82. The van der Waals surface area contributed by atoms with E-state index in [0.29, 0.717) is 17.8 Å². The minimum Gasteiger partial charge on any atom is -0.323 e. The van der Waals surface area contributed by atoms with Crippen LogP contribution in [0.2, 0.25) is 0 Å². The summed E-state index contributed by atoms with van der Waals surface area (Å²) in [6.45, 7) is 1.88. The molecular formula is C14H13F3N2. The Labute approximate surface area is 109 Å². The second-order valence-corrected chi connectivity index (χ2v) is 4.42. The smallest absolute Gasteiger partial charge is 0.133 e. The van der Waals surface area contributed by atoms with Crippen LogP contribution in [0.5, 0.6) is 0 Å². The van der Waals surface area contributed by atoms with Gasteiger partial charge in [0.2, 0.25) is 0 Å². The molecule has 0 fully saturated rings. The van der Waals surface area contributed by atoms with Crippen molar-refractivity contribution in [2.24, 2.45) is 5.73 Å². The predicted octanol–water partition coefficient (Wildman–Crippen LogP) is 3.05. The molecule has 2 rings (SSSR count). The summed E-state index contributed by atoms with van der Waals surface area (Å²) in [7, 11) is 0. The predicted molar refractivity (Wildman–Crippen MR) is 65.9 cm³/mol. The maximum Gasteiger partial charge on any atom is 0.133 e. The van der Waals surface area contributed by atoms with E-state index in [2.05, 4.69) is 4.98 Å². The van der Waals surface area contributed by atoms with Crippen molar-refractivity contribution in [3.05, 3.63) is 64.7 Å². The van der Waals surface area contributed by atoms with Gasteiger partial charge in [-0.25, -0.2) is 13.2 Å². The number of halogens is 3. The molecule has 1 heterocycles. The molecule has 1 aromatic carbocycles. The third kappa shape index (κ3) is 3.12. The summed E-state index contributed by atoms with van der Waals surface area (Å²) in [5, 5.41) is 0. The number of hydrogen-bond acceptors (Lipinski definition) is 2. The number of nitrogens with zero attached hydrogens (tertiary/aromatic N) is 1. The molecule has 0 aliphatic carbocycles. The summed E-state index contributed by atoms with van der Waals surface area (Å²) < 4.78 is 39.9. The van der Waals surface area contributed by atoms with Crippen molar-refractivity contribution in [1.82, 2.24) is 4.98 Å². The van der Waals surface area contributed by atoms with Crippen LogP contribution >= 0.6 is 0 Å². The molecule has 2 nitrogen and oxygen atoms in total. The van der Waals surface area contributed by atoms with E-state index in [-0.39, 0.29) is 12.0 Å². The first kappa shape index (κ1) is 13.5. The lowest BCUT2D eigenvalue weighted by molar-refractivity contribution is 0.500. The fourth-order valence-electron chi connectivity index (χ4n) is 1.85. The second-order valence-electron chi connectivity index (χ2n) is 4.42. The summed E-state index contributed by atoms with van der Waals surface area (Å²) in [6, 6.07) is 3.93.